The number of nitrogens with zero attached hydrogens (tertiary/aromatic N) is 2. The normalized spacial score (nSPS) is 10.6. The first-order chi connectivity index (χ1) is 16.0. The van der Waals surface area contributed by atoms with Crippen LogP contribution in [0.4, 0.5) is 10.2 Å². The number of rotatable bonds is 8. The molecule has 0 bridgehead atoms. The smallest absolute Gasteiger partial charge is 0.256 e. The zero-order chi connectivity index (χ0) is 23.2. The van der Waals surface area contributed by atoms with Gasteiger partial charge in [0.15, 0.2) is 5.82 Å². The van der Waals surface area contributed by atoms with Gasteiger partial charge >= 0.3 is 0 Å². The molecule has 4 rings (SSSR count). The van der Waals surface area contributed by atoms with Gasteiger partial charge in [-0.1, -0.05) is 29.8 Å². The highest BCUT2D eigenvalue weighted by molar-refractivity contribution is 6.30. The highest BCUT2D eigenvalue weighted by Gasteiger charge is 2.13. The van der Waals surface area contributed by atoms with Crippen molar-refractivity contribution >= 4 is 23.3 Å². The van der Waals surface area contributed by atoms with Crippen molar-refractivity contribution in [2.75, 3.05) is 12.4 Å². The number of methoxy groups -OCH3 is 1. The van der Waals surface area contributed by atoms with E-state index in [1.807, 2.05) is 0 Å². The fourth-order valence-corrected chi connectivity index (χ4v) is 3.36. The molecule has 0 radical (unpaired) electrons. The number of hydrogen-bond donors (Lipinski definition) is 1. The Labute approximate surface area is 195 Å². The molecule has 0 spiro atoms. The van der Waals surface area contributed by atoms with Crippen molar-refractivity contribution in [2.45, 2.75) is 13.2 Å². The molecule has 6 nitrogen and oxygen atoms in total. The number of hydrogen-bond acceptors (Lipinski definition) is 4. The van der Waals surface area contributed by atoms with Crippen LogP contribution in [0.1, 0.15) is 21.5 Å². The second-order valence-corrected chi connectivity index (χ2v) is 7.65. The molecule has 33 heavy (non-hydrogen) atoms. The molecule has 0 fully saturated rings. The zero-order valence-electron chi connectivity index (χ0n) is 17.8. The maximum absolute atomic E-state index is 13.9. The standard InChI is InChI=1S/C25H21ClFN3O3/c1-32-23-11-6-17(14-19(23)16-33-21-9-7-20(26)8-10-21)25(31)28-24-12-13-30(29-24)15-18-4-2-3-5-22(18)27/h2-14H,15-16H2,1H3,(H,28,29,31). The Morgan fingerprint density at radius 1 is 1.06 bits per heavy atom. The average Bonchev–Trinajstić information content (AvgIpc) is 3.26. The summed E-state index contributed by atoms with van der Waals surface area (Å²) in [5.41, 5.74) is 1.65. The van der Waals surface area contributed by atoms with Gasteiger partial charge in [-0.2, -0.15) is 5.10 Å². The SMILES string of the molecule is COc1ccc(C(=O)Nc2ccn(Cc3ccccc3F)n2)cc1COc1ccc(Cl)cc1. The maximum atomic E-state index is 13.9. The Morgan fingerprint density at radius 2 is 1.85 bits per heavy atom. The van der Waals surface area contributed by atoms with Gasteiger partial charge in [0.25, 0.3) is 5.91 Å². The largest absolute Gasteiger partial charge is 0.496 e. The summed E-state index contributed by atoms with van der Waals surface area (Å²) in [5, 5.41) is 7.69. The molecule has 0 saturated carbocycles. The second kappa shape index (κ2) is 10.2. The highest BCUT2D eigenvalue weighted by Crippen LogP contribution is 2.24. The molecule has 1 N–H and O–H groups in total. The molecule has 1 aromatic heterocycles. The number of aromatic nitrogens is 2. The minimum Gasteiger partial charge on any atom is -0.496 e. The predicted octanol–water partition coefficient (Wildman–Crippen LogP) is 5.56. The summed E-state index contributed by atoms with van der Waals surface area (Å²) in [6, 6.07) is 20.3. The van der Waals surface area contributed by atoms with E-state index in [-0.39, 0.29) is 24.9 Å². The van der Waals surface area contributed by atoms with Gasteiger partial charge in [-0.05, 0) is 48.5 Å². The van der Waals surface area contributed by atoms with Crippen LogP contribution in [0.2, 0.25) is 5.02 Å². The van der Waals surface area contributed by atoms with Crippen LogP contribution < -0.4 is 14.8 Å². The summed E-state index contributed by atoms with van der Waals surface area (Å²) in [5.74, 6) is 0.990. The Kier molecular flexibility index (Phi) is 6.90. The highest BCUT2D eigenvalue weighted by atomic mass is 35.5. The van der Waals surface area contributed by atoms with E-state index in [9.17, 15) is 9.18 Å². The van der Waals surface area contributed by atoms with Crippen LogP contribution in [0, 0.1) is 5.82 Å². The van der Waals surface area contributed by atoms with Gasteiger partial charge in [0.1, 0.15) is 23.9 Å². The fourth-order valence-electron chi connectivity index (χ4n) is 3.23. The van der Waals surface area contributed by atoms with Crippen molar-refractivity contribution in [1.82, 2.24) is 9.78 Å². The monoisotopic (exact) mass is 465 g/mol. The van der Waals surface area contributed by atoms with E-state index >= 15 is 0 Å². The molecular weight excluding hydrogens is 445 g/mol. The van der Waals surface area contributed by atoms with Crippen LogP contribution in [0.5, 0.6) is 11.5 Å². The Balaban J connectivity index is 1.43. The van der Waals surface area contributed by atoms with E-state index in [2.05, 4.69) is 10.4 Å². The molecule has 8 heteroatoms. The van der Waals surface area contributed by atoms with Crippen molar-refractivity contribution in [2.24, 2.45) is 0 Å². The Hall–Kier alpha value is -3.84. The molecule has 0 aliphatic rings. The number of benzene rings is 3. The summed E-state index contributed by atoms with van der Waals surface area (Å²) in [7, 11) is 1.56. The Bertz CT molecular complexity index is 1260. The topological polar surface area (TPSA) is 65.4 Å². The van der Waals surface area contributed by atoms with Gasteiger partial charge in [0, 0.05) is 34.0 Å². The lowest BCUT2D eigenvalue weighted by Crippen LogP contribution is -2.14. The summed E-state index contributed by atoms with van der Waals surface area (Å²) < 4.78 is 26.6. The number of ether oxygens (including phenoxy) is 2. The lowest BCUT2D eigenvalue weighted by atomic mass is 10.1. The van der Waals surface area contributed by atoms with Gasteiger partial charge in [0.2, 0.25) is 0 Å². The number of carbonyl (C=O) groups is 1. The molecular formula is C25H21ClFN3O3. The zero-order valence-corrected chi connectivity index (χ0v) is 18.6. The molecule has 0 saturated heterocycles. The van der Waals surface area contributed by atoms with E-state index in [1.165, 1.54) is 6.07 Å². The number of amides is 1. The van der Waals surface area contributed by atoms with Crippen LogP contribution >= 0.6 is 11.6 Å². The number of halogens is 2. The number of carbonyl (C=O) groups excluding carboxylic acids is 1. The van der Waals surface area contributed by atoms with Crippen molar-refractivity contribution in [1.29, 1.82) is 0 Å². The molecule has 1 heterocycles. The molecule has 0 aliphatic heterocycles. The summed E-state index contributed by atoms with van der Waals surface area (Å²) >= 11 is 5.90. The van der Waals surface area contributed by atoms with E-state index < -0.39 is 0 Å². The first-order valence-corrected chi connectivity index (χ1v) is 10.5. The van der Waals surface area contributed by atoms with Gasteiger partial charge in [-0.3, -0.25) is 9.48 Å². The van der Waals surface area contributed by atoms with Gasteiger partial charge < -0.3 is 14.8 Å². The third kappa shape index (κ3) is 5.70. The first-order valence-electron chi connectivity index (χ1n) is 10.2. The summed E-state index contributed by atoms with van der Waals surface area (Å²) in [6.45, 7) is 0.473. The average molecular weight is 466 g/mol. The molecule has 0 aliphatic carbocycles. The van der Waals surface area contributed by atoms with Crippen molar-refractivity contribution in [3.05, 3.63) is 107 Å². The van der Waals surface area contributed by atoms with Gasteiger partial charge in [0.05, 0.1) is 13.7 Å². The fraction of sp³-hybridized carbons (Fsp3) is 0.120. The summed E-state index contributed by atoms with van der Waals surface area (Å²) in [4.78, 5) is 12.8. The van der Waals surface area contributed by atoms with Crippen LogP contribution in [-0.2, 0) is 13.2 Å². The maximum Gasteiger partial charge on any atom is 0.256 e. The molecule has 4 aromatic rings. The lowest BCUT2D eigenvalue weighted by molar-refractivity contribution is 0.102. The van der Waals surface area contributed by atoms with Crippen LogP contribution in [-0.4, -0.2) is 22.8 Å². The Morgan fingerprint density at radius 3 is 2.61 bits per heavy atom. The van der Waals surface area contributed by atoms with E-state index in [1.54, 1.807) is 84.7 Å². The molecule has 0 atom stereocenters. The quantitative estimate of drug-likeness (QED) is 0.370. The van der Waals surface area contributed by atoms with E-state index in [0.29, 0.717) is 39.0 Å². The summed E-state index contributed by atoms with van der Waals surface area (Å²) in [6.07, 6.45) is 1.68. The minimum atomic E-state index is -0.332. The van der Waals surface area contributed by atoms with Crippen molar-refractivity contribution in [3.63, 3.8) is 0 Å². The molecule has 3 aromatic carbocycles. The molecule has 0 unspecified atom stereocenters. The molecule has 1 amide bonds. The predicted molar refractivity (Wildman–Crippen MR) is 124 cm³/mol. The van der Waals surface area contributed by atoms with Crippen LogP contribution in [0.15, 0.2) is 79.0 Å². The first kappa shape index (κ1) is 22.4. The third-order valence-electron chi connectivity index (χ3n) is 4.92. The van der Waals surface area contributed by atoms with Crippen molar-refractivity contribution < 1.29 is 18.7 Å². The minimum absolute atomic E-state index is 0.212. The van der Waals surface area contributed by atoms with Crippen LogP contribution in [0.3, 0.4) is 0 Å². The van der Waals surface area contributed by atoms with Crippen LogP contribution in [0.25, 0.3) is 0 Å². The van der Waals surface area contributed by atoms with E-state index in [0.717, 1.165) is 0 Å². The van der Waals surface area contributed by atoms with Gasteiger partial charge in [-0.25, -0.2) is 4.39 Å². The number of anilines is 1. The van der Waals surface area contributed by atoms with Crippen molar-refractivity contribution in [3.8, 4) is 11.5 Å². The second-order valence-electron chi connectivity index (χ2n) is 7.21. The van der Waals surface area contributed by atoms with E-state index in [4.69, 9.17) is 21.1 Å². The lowest BCUT2D eigenvalue weighted by Gasteiger charge is -2.12. The third-order valence-corrected chi connectivity index (χ3v) is 5.17. The van der Waals surface area contributed by atoms with Gasteiger partial charge in [-0.15, -0.1) is 0 Å². The number of nitrogens with one attached hydrogen (secondary N) is 1. The molecule has 168 valence electrons.